The molecule has 0 nitrogen and oxygen atoms in total. The van der Waals surface area contributed by atoms with Crippen molar-refractivity contribution in [3.63, 3.8) is 0 Å². The maximum absolute atomic E-state index is 2.38. The summed E-state index contributed by atoms with van der Waals surface area (Å²) in [5.41, 5.74) is 10.7. The van der Waals surface area contributed by atoms with E-state index in [1.165, 1.54) is 36.0 Å². The summed E-state index contributed by atoms with van der Waals surface area (Å²) in [6, 6.07) is 24.8. The van der Waals surface area contributed by atoms with E-state index >= 15 is 0 Å². The second kappa shape index (κ2) is 5.09. The van der Waals surface area contributed by atoms with Gasteiger partial charge < -0.3 is 0 Å². The van der Waals surface area contributed by atoms with E-state index in [2.05, 4.69) is 66.7 Å². The molecule has 0 amide bonds. The van der Waals surface area contributed by atoms with Gasteiger partial charge in [-0.1, -0.05) is 66.7 Å². The van der Waals surface area contributed by atoms with Gasteiger partial charge in [0.1, 0.15) is 0 Å². The van der Waals surface area contributed by atoms with Crippen molar-refractivity contribution >= 4 is 0 Å². The third kappa shape index (κ3) is 2.05. The molecule has 3 aromatic carbocycles. The van der Waals surface area contributed by atoms with E-state index < -0.39 is 0 Å². The summed E-state index contributed by atoms with van der Waals surface area (Å²) in [6.07, 6.45) is 4.81. The van der Waals surface area contributed by atoms with E-state index in [9.17, 15) is 0 Å². The number of hydrogen-bond donors (Lipinski definition) is 0. The molecule has 0 aliphatic heterocycles. The van der Waals surface area contributed by atoms with Crippen molar-refractivity contribution in [2.24, 2.45) is 0 Å². The number of fused-ring (bicyclic) bond motifs is 4. The standard InChI is InChI=1S/C23H20/c1-2-7-17-14-19(13-12-16(17)6-1)21-10-5-11-22-20-9-4-3-8-18(20)15-23(21)22/h1-11,19H,12-15H2. The zero-order valence-corrected chi connectivity index (χ0v) is 13.3. The van der Waals surface area contributed by atoms with Gasteiger partial charge in [-0.25, -0.2) is 0 Å². The fourth-order valence-corrected chi connectivity index (χ4v) is 4.53. The summed E-state index contributed by atoms with van der Waals surface area (Å²) in [7, 11) is 0. The van der Waals surface area contributed by atoms with Crippen LogP contribution < -0.4 is 0 Å². The fraction of sp³-hybridized carbons (Fsp3) is 0.217. The molecule has 0 heteroatoms. The van der Waals surface area contributed by atoms with Crippen LogP contribution in [-0.4, -0.2) is 0 Å². The minimum Gasteiger partial charge on any atom is -0.0620 e. The van der Waals surface area contributed by atoms with Crippen LogP contribution in [0.2, 0.25) is 0 Å². The van der Waals surface area contributed by atoms with Crippen molar-refractivity contribution in [2.75, 3.05) is 0 Å². The van der Waals surface area contributed by atoms with E-state index in [1.807, 2.05) is 0 Å². The van der Waals surface area contributed by atoms with Crippen LogP contribution in [0.15, 0.2) is 66.7 Å². The molecule has 5 rings (SSSR count). The summed E-state index contributed by atoms with van der Waals surface area (Å²) >= 11 is 0. The van der Waals surface area contributed by atoms with Gasteiger partial charge in [0.15, 0.2) is 0 Å². The number of aryl methyl sites for hydroxylation is 1. The highest BCUT2D eigenvalue weighted by Crippen LogP contribution is 2.42. The van der Waals surface area contributed by atoms with E-state index in [4.69, 9.17) is 0 Å². The first-order chi connectivity index (χ1) is 11.4. The molecule has 112 valence electrons. The monoisotopic (exact) mass is 296 g/mol. The van der Waals surface area contributed by atoms with Crippen molar-refractivity contribution in [1.29, 1.82) is 0 Å². The molecule has 1 atom stereocenters. The maximum atomic E-state index is 2.38. The summed E-state index contributed by atoms with van der Waals surface area (Å²) in [5, 5.41) is 0. The van der Waals surface area contributed by atoms with Crippen molar-refractivity contribution in [1.82, 2.24) is 0 Å². The lowest BCUT2D eigenvalue weighted by Gasteiger charge is -2.26. The first kappa shape index (κ1) is 13.1. The smallest absolute Gasteiger partial charge is 0.00106 e. The van der Waals surface area contributed by atoms with Crippen LogP contribution >= 0.6 is 0 Å². The van der Waals surface area contributed by atoms with Crippen molar-refractivity contribution in [3.05, 3.63) is 94.5 Å². The first-order valence-electron chi connectivity index (χ1n) is 8.67. The highest BCUT2D eigenvalue weighted by molar-refractivity contribution is 5.78. The Labute approximate surface area is 137 Å². The van der Waals surface area contributed by atoms with Crippen LogP contribution in [0.5, 0.6) is 0 Å². The largest absolute Gasteiger partial charge is 0.0620 e. The zero-order valence-electron chi connectivity index (χ0n) is 13.3. The second-order valence-electron chi connectivity index (χ2n) is 6.92. The second-order valence-corrected chi connectivity index (χ2v) is 6.92. The Bertz CT molecular complexity index is 888. The molecular weight excluding hydrogens is 276 g/mol. The molecule has 0 saturated carbocycles. The minimum absolute atomic E-state index is 0.675. The predicted octanol–water partition coefficient (Wildman–Crippen LogP) is 5.53. The Kier molecular flexibility index (Phi) is 2.91. The molecular formula is C23H20. The quantitative estimate of drug-likeness (QED) is 0.433. The minimum atomic E-state index is 0.675. The van der Waals surface area contributed by atoms with Gasteiger partial charge in [0.05, 0.1) is 0 Å². The van der Waals surface area contributed by atoms with Gasteiger partial charge in [-0.3, -0.25) is 0 Å². The lowest BCUT2D eigenvalue weighted by Crippen LogP contribution is -2.14. The molecule has 0 radical (unpaired) electrons. The van der Waals surface area contributed by atoms with Crippen LogP contribution in [0.3, 0.4) is 0 Å². The van der Waals surface area contributed by atoms with E-state index in [0.717, 1.165) is 6.42 Å². The highest BCUT2D eigenvalue weighted by Gasteiger charge is 2.26. The van der Waals surface area contributed by atoms with Gasteiger partial charge >= 0.3 is 0 Å². The van der Waals surface area contributed by atoms with Gasteiger partial charge in [0.25, 0.3) is 0 Å². The van der Waals surface area contributed by atoms with Crippen LogP contribution in [0.25, 0.3) is 11.1 Å². The predicted molar refractivity (Wildman–Crippen MR) is 95.9 cm³/mol. The Hall–Kier alpha value is -2.34. The third-order valence-corrected chi connectivity index (χ3v) is 5.67. The van der Waals surface area contributed by atoms with Crippen LogP contribution in [0.4, 0.5) is 0 Å². The Morgan fingerprint density at radius 2 is 1.39 bits per heavy atom. The Morgan fingerprint density at radius 1 is 0.652 bits per heavy atom. The van der Waals surface area contributed by atoms with Gasteiger partial charge in [-0.15, -0.1) is 0 Å². The van der Waals surface area contributed by atoms with Crippen LogP contribution in [0.1, 0.15) is 40.2 Å². The van der Waals surface area contributed by atoms with Gasteiger partial charge in [-0.05, 0) is 70.5 Å². The lowest BCUT2D eigenvalue weighted by molar-refractivity contribution is 0.582. The highest BCUT2D eigenvalue weighted by atomic mass is 14.3. The summed E-state index contributed by atoms with van der Waals surface area (Å²) in [4.78, 5) is 0. The molecule has 0 bridgehead atoms. The topological polar surface area (TPSA) is 0 Å². The number of benzene rings is 3. The fourth-order valence-electron chi connectivity index (χ4n) is 4.53. The van der Waals surface area contributed by atoms with Gasteiger partial charge in [-0.2, -0.15) is 0 Å². The molecule has 3 aromatic rings. The average molecular weight is 296 g/mol. The van der Waals surface area contributed by atoms with E-state index in [1.54, 1.807) is 22.3 Å². The lowest BCUT2D eigenvalue weighted by atomic mass is 9.78. The Morgan fingerprint density at radius 3 is 2.30 bits per heavy atom. The zero-order chi connectivity index (χ0) is 15.2. The first-order valence-corrected chi connectivity index (χ1v) is 8.67. The normalized spacial score (nSPS) is 18.2. The molecule has 2 aliphatic rings. The molecule has 0 spiro atoms. The van der Waals surface area contributed by atoms with E-state index in [-0.39, 0.29) is 0 Å². The van der Waals surface area contributed by atoms with Crippen molar-refractivity contribution < 1.29 is 0 Å². The molecule has 0 aromatic heterocycles. The molecule has 0 N–H and O–H groups in total. The molecule has 23 heavy (non-hydrogen) atoms. The average Bonchev–Trinajstić information content (AvgIpc) is 3.00. The SMILES string of the molecule is c1ccc2c(c1)CCC(c1cccc3c1Cc1ccccc1-3)C2. The van der Waals surface area contributed by atoms with Gasteiger partial charge in [0.2, 0.25) is 0 Å². The molecule has 0 saturated heterocycles. The number of hydrogen-bond acceptors (Lipinski definition) is 0. The summed E-state index contributed by atoms with van der Waals surface area (Å²) in [6.45, 7) is 0. The summed E-state index contributed by atoms with van der Waals surface area (Å²) in [5.74, 6) is 0.675. The van der Waals surface area contributed by atoms with Crippen molar-refractivity contribution in [2.45, 2.75) is 31.6 Å². The third-order valence-electron chi connectivity index (χ3n) is 5.67. The summed E-state index contributed by atoms with van der Waals surface area (Å²) < 4.78 is 0. The number of rotatable bonds is 1. The molecule has 0 heterocycles. The molecule has 1 unspecified atom stereocenters. The van der Waals surface area contributed by atoms with Crippen LogP contribution in [0, 0.1) is 0 Å². The van der Waals surface area contributed by atoms with Crippen molar-refractivity contribution in [3.8, 4) is 11.1 Å². The Balaban J connectivity index is 1.57. The molecule has 0 fully saturated rings. The van der Waals surface area contributed by atoms with Crippen LogP contribution in [-0.2, 0) is 19.3 Å². The van der Waals surface area contributed by atoms with Gasteiger partial charge in [0, 0.05) is 0 Å². The molecule has 2 aliphatic carbocycles. The van der Waals surface area contributed by atoms with E-state index in [0.29, 0.717) is 5.92 Å². The maximum Gasteiger partial charge on any atom is -0.00106 e.